The summed E-state index contributed by atoms with van der Waals surface area (Å²) in [6.07, 6.45) is 4.66. The number of para-hydroxylation sites is 1. The van der Waals surface area contributed by atoms with Gasteiger partial charge in [0, 0.05) is 23.7 Å². The van der Waals surface area contributed by atoms with Crippen molar-refractivity contribution in [2.45, 2.75) is 32.6 Å². The Morgan fingerprint density at radius 2 is 1.90 bits per heavy atom. The van der Waals surface area contributed by atoms with E-state index >= 15 is 0 Å². The number of aryl methyl sites for hydroxylation is 3. The van der Waals surface area contributed by atoms with Gasteiger partial charge >= 0.3 is 5.89 Å². The number of fused-ring (bicyclic) bond motifs is 2. The number of nitrogens with zero attached hydrogens (tertiary/aromatic N) is 2. The first-order valence-electron chi connectivity index (χ1n) is 7.22. The molecular weight excluding hydrogens is 248 g/mol. The Morgan fingerprint density at radius 1 is 1.10 bits per heavy atom. The minimum Gasteiger partial charge on any atom is -0.407 e. The van der Waals surface area contributed by atoms with E-state index in [4.69, 9.17) is 4.42 Å². The molecule has 3 heteroatoms. The molecule has 0 unspecified atom stereocenters. The minimum atomic E-state index is 0.870. The molecule has 0 spiro atoms. The lowest BCUT2D eigenvalue weighted by molar-refractivity contribution is -0.653. The average molecular weight is 265 g/mol. The van der Waals surface area contributed by atoms with Crippen molar-refractivity contribution in [1.29, 1.82) is 0 Å². The highest BCUT2D eigenvalue weighted by Crippen LogP contribution is 2.31. The molecule has 0 saturated heterocycles. The zero-order valence-corrected chi connectivity index (χ0v) is 11.6. The highest BCUT2D eigenvalue weighted by molar-refractivity contribution is 5.57. The van der Waals surface area contributed by atoms with E-state index < -0.39 is 0 Å². The van der Waals surface area contributed by atoms with Crippen LogP contribution in [0.25, 0.3) is 17.1 Å². The fourth-order valence-corrected chi connectivity index (χ4v) is 2.99. The van der Waals surface area contributed by atoms with E-state index in [0.29, 0.717) is 0 Å². The van der Waals surface area contributed by atoms with Gasteiger partial charge in [-0.15, -0.1) is 0 Å². The lowest BCUT2D eigenvalue weighted by Crippen LogP contribution is -2.34. The van der Waals surface area contributed by atoms with Crippen LogP contribution in [0.3, 0.4) is 0 Å². The van der Waals surface area contributed by atoms with Gasteiger partial charge in [0.2, 0.25) is 5.69 Å². The molecule has 1 aliphatic carbocycles. The van der Waals surface area contributed by atoms with Crippen molar-refractivity contribution in [3.8, 4) is 17.1 Å². The predicted octanol–water partition coefficient (Wildman–Crippen LogP) is 3.24. The fourth-order valence-electron chi connectivity index (χ4n) is 2.99. The largest absolute Gasteiger partial charge is 0.414 e. The van der Waals surface area contributed by atoms with Crippen LogP contribution in [0.15, 0.2) is 40.8 Å². The van der Waals surface area contributed by atoms with Gasteiger partial charge in [0.15, 0.2) is 0 Å². The maximum absolute atomic E-state index is 6.19. The molecule has 0 radical (unpaired) electrons. The molecule has 0 bridgehead atoms. The Kier molecular flexibility index (Phi) is 2.59. The molecule has 2 aliphatic heterocycles. The van der Waals surface area contributed by atoms with Gasteiger partial charge in [-0.1, -0.05) is 18.2 Å². The number of rotatable bonds is 1. The van der Waals surface area contributed by atoms with Crippen LogP contribution < -0.4 is 4.68 Å². The molecule has 0 amide bonds. The van der Waals surface area contributed by atoms with Crippen LogP contribution in [-0.2, 0) is 12.8 Å². The summed E-state index contributed by atoms with van der Waals surface area (Å²) < 4.78 is 8.11. The number of hydrogen-bond acceptors (Lipinski definition) is 2. The second-order valence-electron chi connectivity index (χ2n) is 5.45. The smallest absolute Gasteiger partial charge is 0.407 e. The highest BCUT2D eigenvalue weighted by Gasteiger charge is 2.31. The lowest BCUT2D eigenvalue weighted by atomic mass is 9.95. The number of aromatic nitrogens is 2. The van der Waals surface area contributed by atoms with Gasteiger partial charge in [-0.3, -0.25) is 0 Å². The number of benzene rings is 1. The molecule has 3 nitrogen and oxygen atoms in total. The van der Waals surface area contributed by atoms with Gasteiger partial charge in [-0.2, -0.15) is 0 Å². The average Bonchev–Trinajstić information content (AvgIpc) is 2.83. The van der Waals surface area contributed by atoms with Crippen molar-refractivity contribution in [2.75, 3.05) is 0 Å². The topological polar surface area (TPSA) is 29.9 Å². The van der Waals surface area contributed by atoms with Gasteiger partial charge in [0.1, 0.15) is 17.0 Å². The normalized spacial score (nSPS) is 14.4. The zero-order chi connectivity index (χ0) is 13.5. The molecule has 100 valence electrons. The Hall–Kier alpha value is -2.16. The van der Waals surface area contributed by atoms with Gasteiger partial charge in [-0.05, 0) is 42.5 Å². The van der Waals surface area contributed by atoms with Gasteiger partial charge in [0.25, 0.3) is 0 Å². The lowest BCUT2D eigenvalue weighted by Gasteiger charge is -2.13. The standard InChI is InChI=1S/C17H17N2O/c1-12-15-11-13-7-5-6-10-16(13)20-17(15)19(18-12)14-8-3-2-4-9-14/h2-4,8-9,11H,5-7,10H2,1H3/q+1. The van der Waals surface area contributed by atoms with Crippen LogP contribution in [0, 0.1) is 6.92 Å². The summed E-state index contributed by atoms with van der Waals surface area (Å²) in [6.45, 7) is 2.05. The summed E-state index contributed by atoms with van der Waals surface area (Å²) in [5.41, 5.74) is 4.57. The van der Waals surface area contributed by atoms with Gasteiger partial charge < -0.3 is 4.42 Å². The van der Waals surface area contributed by atoms with Crippen molar-refractivity contribution < 1.29 is 9.10 Å². The van der Waals surface area contributed by atoms with Crippen molar-refractivity contribution >= 4 is 0 Å². The molecule has 0 N–H and O–H groups in total. The van der Waals surface area contributed by atoms with Crippen molar-refractivity contribution in [2.24, 2.45) is 0 Å². The molecular formula is C17H17N2O+. The third kappa shape index (κ3) is 1.73. The van der Waals surface area contributed by atoms with Crippen molar-refractivity contribution in [3.63, 3.8) is 0 Å². The SMILES string of the molecule is Cc1n[n+](-c2ccccc2)c2oc3c(cc1-2)CCCC3. The van der Waals surface area contributed by atoms with E-state index in [1.54, 1.807) is 0 Å². The summed E-state index contributed by atoms with van der Waals surface area (Å²) in [5.74, 6) is 2.01. The van der Waals surface area contributed by atoms with Crippen molar-refractivity contribution in [1.82, 2.24) is 5.10 Å². The molecule has 20 heavy (non-hydrogen) atoms. The predicted molar refractivity (Wildman–Crippen MR) is 76.0 cm³/mol. The second kappa shape index (κ2) is 4.44. The zero-order valence-electron chi connectivity index (χ0n) is 11.6. The monoisotopic (exact) mass is 265 g/mol. The first-order valence-corrected chi connectivity index (χ1v) is 7.22. The molecule has 3 aliphatic rings. The Morgan fingerprint density at radius 3 is 2.75 bits per heavy atom. The van der Waals surface area contributed by atoms with E-state index in [9.17, 15) is 0 Å². The second-order valence-corrected chi connectivity index (χ2v) is 5.45. The molecule has 0 atom stereocenters. The number of hydrogen-bond donors (Lipinski definition) is 0. The van der Waals surface area contributed by atoms with Crippen LogP contribution in [-0.4, -0.2) is 5.10 Å². The molecule has 0 aromatic heterocycles. The maximum atomic E-state index is 6.19. The van der Waals surface area contributed by atoms with E-state index in [0.717, 1.165) is 41.4 Å². The van der Waals surface area contributed by atoms with Crippen LogP contribution in [0.5, 0.6) is 0 Å². The third-order valence-corrected chi connectivity index (χ3v) is 4.06. The summed E-state index contributed by atoms with van der Waals surface area (Å²) in [6, 6.07) is 12.4. The van der Waals surface area contributed by atoms with Crippen molar-refractivity contribution in [3.05, 3.63) is 53.4 Å². The molecule has 2 heterocycles. The Balaban J connectivity index is 1.96. The van der Waals surface area contributed by atoms with Gasteiger partial charge in [0.05, 0.1) is 0 Å². The Labute approximate surface area is 118 Å². The minimum absolute atomic E-state index is 0.870. The first-order chi connectivity index (χ1) is 9.83. The van der Waals surface area contributed by atoms with Crippen LogP contribution in [0.4, 0.5) is 0 Å². The fraction of sp³-hybridized carbons (Fsp3) is 0.294. The summed E-state index contributed by atoms with van der Waals surface area (Å²) >= 11 is 0. The highest BCUT2D eigenvalue weighted by atomic mass is 16.4. The quantitative estimate of drug-likeness (QED) is 0.632. The van der Waals surface area contributed by atoms with E-state index in [1.165, 1.54) is 18.4 Å². The van der Waals surface area contributed by atoms with Crippen LogP contribution in [0.1, 0.15) is 29.9 Å². The summed E-state index contributed by atoms with van der Waals surface area (Å²) in [5, 5.41) is 4.65. The molecule has 0 fully saturated rings. The van der Waals surface area contributed by atoms with Crippen LogP contribution in [0.2, 0.25) is 0 Å². The van der Waals surface area contributed by atoms with Gasteiger partial charge in [-0.25, -0.2) is 0 Å². The Bertz CT molecular complexity index is 730. The first kappa shape index (κ1) is 11.6. The summed E-state index contributed by atoms with van der Waals surface area (Å²) in [7, 11) is 0. The van der Waals surface area contributed by atoms with E-state index in [2.05, 4.69) is 23.3 Å². The van der Waals surface area contributed by atoms with Crippen LogP contribution >= 0.6 is 0 Å². The molecule has 0 saturated carbocycles. The molecule has 4 rings (SSSR count). The third-order valence-electron chi connectivity index (χ3n) is 4.06. The van der Waals surface area contributed by atoms with E-state index in [-0.39, 0.29) is 0 Å². The molecule has 1 aromatic rings. The maximum Gasteiger partial charge on any atom is 0.414 e. The van der Waals surface area contributed by atoms with E-state index in [1.807, 2.05) is 29.8 Å². The summed E-state index contributed by atoms with van der Waals surface area (Å²) in [4.78, 5) is 0. The molecule has 1 aromatic carbocycles.